The van der Waals surface area contributed by atoms with Crippen LogP contribution in [0.25, 0.3) is 0 Å². The molecule has 5 rings (SSSR count). The smallest absolute Gasteiger partial charge is 0.257 e. The lowest BCUT2D eigenvalue weighted by Crippen LogP contribution is -2.09. The van der Waals surface area contributed by atoms with E-state index in [1.807, 2.05) is 60.7 Å². The molecule has 2 aromatic carbocycles. The minimum Gasteiger partial charge on any atom is -0.501 e. The summed E-state index contributed by atoms with van der Waals surface area (Å²) in [5, 5.41) is 20.8. The van der Waals surface area contributed by atoms with Crippen LogP contribution in [-0.2, 0) is 22.3 Å². The third-order valence-electron chi connectivity index (χ3n) is 5.30. The Morgan fingerprint density at radius 2 is 1.10 bits per heavy atom. The Hall–Kier alpha value is -3.74. The maximum atomic E-state index is 10.4. The average molecular weight is 418 g/mol. The molecular formula is C24H22N2O5. The van der Waals surface area contributed by atoms with Crippen molar-refractivity contribution in [3.05, 3.63) is 83.3 Å². The topological polar surface area (TPSA) is 96.8 Å². The van der Waals surface area contributed by atoms with Gasteiger partial charge in [-0.15, -0.1) is 0 Å². The van der Waals surface area contributed by atoms with Crippen LogP contribution in [0, 0.1) is 0 Å². The molecule has 0 fully saturated rings. The summed E-state index contributed by atoms with van der Waals surface area (Å²) >= 11 is 0. The molecule has 0 saturated heterocycles. The van der Waals surface area contributed by atoms with Crippen LogP contribution in [-0.4, -0.2) is 47.3 Å². The van der Waals surface area contributed by atoms with E-state index in [4.69, 9.17) is 13.9 Å². The van der Waals surface area contributed by atoms with Gasteiger partial charge in [0.2, 0.25) is 23.0 Å². The van der Waals surface area contributed by atoms with Crippen molar-refractivity contribution >= 4 is 11.8 Å². The van der Waals surface area contributed by atoms with E-state index >= 15 is 0 Å². The number of nitrogens with zero attached hydrogens (tertiary/aromatic N) is 2. The molecule has 0 aliphatic carbocycles. The zero-order chi connectivity index (χ0) is 21.2. The number of rotatable bonds is 6. The molecule has 2 atom stereocenters. The zero-order valence-electron chi connectivity index (χ0n) is 16.8. The van der Waals surface area contributed by atoms with Gasteiger partial charge >= 0.3 is 0 Å². The Bertz CT molecular complexity index is 1030. The number of hydrogen-bond donors (Lipinski definition) is 2. The SMILES string of the molecule is Oc1c(C2=N[C@@H](Cc3ccccc3)CO2)oc(C2=N[C@@H](Cc3ccccc3)CO2)c1O. The number of furan rings is 1. The molecule has 0 saturated carbocycles. The fourth-order valence-corrected chi connectivity index (χ4v) is 3.76. The van der Waals surface area contributed by atoms with Crippen molar-refractivity contribution in [1.29, 1.82) is 0 Å². The maximum Gasteiger partial charge on any atom is 0.257 e. The minimum atomic E-state index is -0.424. The first-order valence-corrected chi connectivity index (χ1v) is 10.2. The van der Waals surface area contributed by atoms with Gasteiger partial charge in [-0.05, 0) is 24.0 Å². The van der Waals surface area contributed by atoms with Gasteiger partial charge in [0, 0.05) is 0 Å². The molecule has 7 heteroatoms. The highest BCUT2D eigenvalue weighted by Crippen LogP contribution is 2.38. The highest BCUT2D eigenvalue weighted by molar-refractivity contribution is 6.01. The van der Waals surface area contributed by atoms with E-state index in [9.17, 15) is 10.2 Å². The van der Waals surface area contributed by atoms with Gasteiger partial charge in [-0.3, -0.25) is 0 Å². The zero-order valence-corrected chi connectivity index (χ0v) is 16.8. The first-order chi connectivity index (χ1) is 15.2. The lowest BCUT2D eigenvalue weighted by atomic mass is 10.1. The Balaban J connectivity index is 1.34. The molecule has 2 aliphatic heterocycles. The molecule has 0 amide bonds. The monoisotopic (exact) mass is 418 g/mol. The normalized spacial score (nSPS) is 20.1. The summed E-state index contributed by atoms with van der Waals surface area (Å²) < 4.78 is 17.0. The summed E-state index contributed by atoms with van der Waals surface area (Å²) in [5.74, 6) is -0.542. The first-order valence-electron chi connectivity index (χ1n) is 10.2. The molecule has 158 valence electrons. The van der Waals surface area contributed by atoms with Crippen LogP contribution in [0.5, 0.6) is 11.5 Å². The Kier molecular flexibility index (Phi) is 5.08. The van der Waals surface area contributed by atoms with Crippen LogP contribution in [0.15, 0.2) is 75.1 Å². The highest BCUT2D eigenvalue weighted by Gasteiger charge is 2.33. The Labute approximate surface area is 179 Å². The lowest BCUT2D eigenvalue weighted by molar-refractivity contribution is 0.301. The van der Waals surface area contributed by atoms with Crippen LogP contribution in [0.2, 0.25) is 0 Å². The van der Waals surface area contributed by atoms with E-state index in [-0.39, 0.29) is 35.4 Å². The van der Waals surface area contributed by atoms with Gasteiger partial charge in [0.1, 0.15) is 13.2 Å². The second-order valence-electron chi connectivity index (χ2n) is 7.64. The van der Waals surface area contributed by atoms with Crippen LogP contribution in [0.1, 0.15) is 22.6 Å². The average Bonchev–Trinajstić information content (AvgIpc) is 3.51. The van der Waals surface area contributed by atoms with Crippen molar-refractivity contribution in [1.82, 2.24) is 0 Å². The molecule has 0 unspecified atom stereocenters. The lowest BCUT2D eigenvalue weighted by Gasteiger charge is -2.03. The summed E-state index contributed by atoms with van der Waals surface area (Å²) in [5.41, 5.74) is 2.29. The third-order valence-corrected chi connectivity index (χ3v) is 5.30. The van der Waals surface area contributed by atoms with E-state index in [1.165, 1.54) is 0 Å². The van der Waals surface area contributed by atoms with Crippen molar-refractivity contribution in [2.45, 2.75) is 24.9 Å². The van der Waals surface area contributed by atoms with Gasteiger partial charge in [-0.1, -0.05) is 60.7 Å². The summed E-state index contributed by atoms with van der Waals surface area (Å²) in [6.45, 7) is 0.744. The van der Waals surface area contributed by atoms with Crippen LogP contribution in [0.4, 0.5) is 0 Å². The molecule has 7 nitrogen and oxygen atoms in total. The quantitative estimate of drug-likeness (QED) is 0.639. The fourth-order valence-electron chi connectivity index (χ4n) is 3.76. The van der Waals surface area contributed by atoms with E-state index in [0.29, 0.717) is 26.1 Å². The van der Waals surface area contributed by atoms with E-state index in [0.717, 1.165) is 11.1 Å². The predicted octanol–water partition coefficient (Wildman–Crippen LogP) is 3.47. The largest absolute Gasteiger partial charge is 0.501 e. The van der Waals surface area contributed by atoms with Gasteiger partial charge in [0.25, 0.3) is 11.8 Å². The fraction of sp³-hybridized carbons (Fsp3) is 0.250. The van der Waals surface area contributed by atoms with Crippen molar-refractivity contribution in [3.8, 4) is 11.5 Å². The third kappa shape index (κ3) is 3.99. The molecule has 2 aliphatic rings. The minimum absolute atomic E-state index is 0.0131. The molecule has 0 spiro atoms. The van der Waals surface area contributed by atoms with Crippen LogP contribution in [0.3, 0.4) is 0 Å². The first kappa shape index (κ1) is 19.2. The van der Waals surface area contributed by atoms with Gasteiger partial charge in [0.15, 0.2) is 0 Å². The van der Waals surface area contributed by atoms with E-state index in [2.05, 4.69) is 9.98 Å². The predicted molar refractivity (Wildman–Crippen MR) is 115 cm³/mol. The van der Waals surface area contributed by atoms with E-state index in [1.54, 1.807) is 0 Å². The molecule has 0 bridgehead atoms. The second kappa shape index (κ2) is 8.18. The number of hydrogen-bond acceptors (Lipinski definition) is 7. The maximum absolute atomic E-state index is 10.4. The van der Waals surface area contributed by atoms with Crippen molar-refractivity contribution in [3.63, 3.8) is 0 Å². The van der Waals surface area contributed by atoms with Crippen molar-refractivity contribution in [2.24, 2.45) is 9.98 Å². The second-order valence-corrected chi connectivity index (χ2v) is 7.64. The summed E-state index contributed by atoms with van der Waals surface area (Å²) in [7, 11) is 0. The van der Waals surface area contributed by atoms with Crippen molar-refractivity contribution in [2.75, 3.05) is 13.2 Å². The number of aliphatic imine (C=N–C) groups is 2. The van der Waals surface area contributed by atoms with Crippen LogP contribution >= 0.6 is 0 Å². The van der Waals surface area contributed by atoms with Gasteiger partial charge in [-0.25, -0.2) is 9.98 Å². The molecule has 2 N–H and O–H groups in total. The Morgan fingerprint density at radius 1 is 0.677 bits per heavy atom. The van der Waals surface area contributed by atoms with Gasteiger partial charge < -0.3 is 24.1 Å². The molecule has 1 aromatic heterocycles. The van der Waals surface area contributed by atoms with Crippen molar-refractivity contribution < 1.29 is 24.1 Å². The highest BCUT2D eigenvalue weighted by atomic mass is 16.5. The molecular weight excluding hydrogens is 396 g/mol. The molecule has 0 radical (unpaired) electrons. The van der Waals surface area contributed by atoms with Gasteiger partial charge in [-0.2, -0.15) is 0 Å². The summed E-state index contributed by atoms with van der Waals surface area (Å²) in [6, 6.07) is 19.8. The molecule has 3 aromatic rings. The van der Waals surface area contributed by atoms with Crippen LogP contribution < -0.4 is 0 Å². The summed E-state index contributed by atoms with van der Waals surface area (Å²) in [4.78, 5) is 9.03. The number of ether oxygens (including phenoxy) is 2. The standard InChI is InChI=1S/C24H22N2O5/c27-19-20(28)22(24-26-18(14-30-24)12-16-9-5-2-6-10-16)31-21(19)23-25-17(13-29-23)11-15-7-3-1-4-8-15/h1-10,17-18,27-28H,11-14H2/t17-,18-/m0/s1. The number of benzene rings is 2. The van der Waals surface area contributed by atoms with Gasteiger partial charge in [0.05, 0.1) is 12.1 Å². The Morgan fingerprint density at radius 3 is 1.52 bits per heavy atom. The molecule has 31 heavy (non-hydrogen) atoms. The molecule has 3 heterocycles. The summed E-state index contributed by atoms with van der Waals surface area (Å²) in [6.07, 6.45) is 1.42. The number of aromatic hydroxyl groups is 2. The van der Waals surface area contributed by atoms with E-state index < -0.39 is 11.5 Å².